The minimum atomic E-state index is -1.33. The van der Waals surface area contributed by atoms with E-state index in [1.54, 1.807) is 36.5 Å². The van der Waals surface area contributed by atoms with Gasteiger partial charge in [-0.2, -0.15) is 0 Å². The number of hydrogen-bond donors (Lipinski definition) is 0. The first kappa shape index (κ1) is 20.8. The van der Waals surface area contributed by atoms with Crippen LogP contribution in [0.2, 0.25) is 0 Å². The Morgan fingerprint density at radius 2 is 1.43 bits per heavy atom. The number of benzene rings is 1. The van der Waals surface area contributed by atoms with Crippen LogP contribution in [0, 0.1) is 17.5 Å². The molecule has 0 aliphatic carbocycles. The molecule has 0 atom stereocenters. The summed E-state index contributed by atoms with van der Waals surface area (Å²) in [4.78, 5) is 30.0. The van der Waals surface area contributed by atoms with Crippen LogP contribution < -0.4 is 0 Å². The number of hydrogen-bond acceptors (Lipinski definition) is 5. The Morgan fingerprint density at radius 3 is 1.96 bits per heavy atom. The maximum absolute atomic E-state index is 13.4. The molecule has 0 aliphatic heterocycles. The number of nitrogens with zero attached hydrogens (tertiary/aromatic N) is 2. The molecule has 3 rings (SSSR count). The molecule has 0 saturated heterocycles. The second kappa shape index (κ2) is 9.96. The molecule has 0 fully saturated rings. The molecule has 0 spiro atoms. The van der Waals surface area contributed by atoms with Crippen LogP contribution in [0.1, 0.15) is 26.5 Å². The molecule has 0 radical (unpaired) electrons. The van der Waals surface area contributed by atoms with Gasteiger partial charge in [0.05, 0.1) is 7.11 Å². The molecule has 0 amide bonds. The Morgan fingerprint density at radius 1 is 0.857 bits per heavy atom. The molecular formula is C20H15F3N2O3. The van der Waals surface area contributed by atoms with Crippen molar-refractivity contribution in [2.24, 2.45) is 0 Å². The molecule has 28 heavy (non-hydrogen) atoms. The highest BCUT2D eigenvalue weighted by atomic mass is 19.2. The molecule has 2 aromatic heterocycles. The first-order valence-electron chi connectivity index (χ1n) is 8.00. The summed E-state index contributed by atoms with van der Waals surface area (Å²) >= 11 is 0. The fourth-order valence-corrected chi connectivity index (χ4v) is 2.10. The zero-order chi connectivity index (χ0) is 20.5. The lowest BCUT2D eigenvalue weighted by Gasteiger charge is -2.04. The van der Waals surface area contributed by atoms with E-state index in [4.69, 9.17) is 0 Å². The number of carbonyl (C=O) groups is 2. The molecule has 1 aromatic carbocycles. The number of ketones is 1. The van der Waals surface area contributed by atoms with E-state index >= 15 is 0 Å². The summed E-state index contributed by atoms with van der Waals surface area (Å²) in [5.41, 5.74) is -0.156. The molecule has 3 aromatic rings. The van der Waals surface area contributed by atoms with E-state index in [2.05, 4.69) is 14.7 Å². The SMILES string of the molecule is COC(=O)c1ccccn1.O=C(Cc1c(F)ccc(F)c1F)c1ccccn1. The number of pyridine rings is 2. The van der Waals surface area contributed by atoms with Gasteiger partial charge < -0.3 is 4.74 Å². The Bertz CT molecular complexity index is 952. The van der Waals surface area contributed by atoms with Crippen LogP contribution in [-0.2, 0) is 11.2 Å². The first-order chi connectivity index (χ1) is 13.4. The van der Waals surface area contributed by atoms with Crippen molar-refractivity contribution < 1.29 is 27.5 Å². The normalized spacial score (nSPS) is 9.86. The zero-order valence-corrected chi connectivity index (χ0v) is 14.7. The summed E-state index contributed by atoms with van der Waals surface area (Å²) in [6.07, 6.45) is 2.38. The third kappa shape index (κ3) is 5.47. The highest BCUT2D eigenvalue weighted by Crippen LogP contribution is 2.17. The van der Waals surface area contributed by atoms with Crippen molar-refractivity contribution in [3.8, 4) is 0 Å². The predicted molar refractivity (Wildman–Crippen MR) is 94.2 cm³/mol. The Labute approximate surface area is 158 Å². The van der Waals surface area contributed by atoms with Gasteiger partial charge in [0.15, 0.2) is 17.4 Å². The number of aromatic nitrogens is 2. The van der Waals surface area contributed by atoms with Crippen molar-refractivity contribution in [1.29, 1.82) is 0 Å². The van der Waals surface area contributed by atoms with E-state index in [1.807, 2.05) is 0 Å². The number of Topliss-reactive ketones (excluding diaryl/α,β-unsaturated/α-hetero) is 1. The quantitative estimate of drug-likeness (QED) is 0.386. The molecule has 2 heterocycles. The number of carbonyl (C=O) groups excluding carboxylic acids is 2. The summed E-state index contributed by atoms with van der Waals surface area (Å²) in [5, 5.41) is 0. The van der Waals surface area contributed by atoms with E-state index in [1.165, 1.54) is 19.4 Å². The lowest BCUT2D eigenvalue weighted by atomic mass is 10.1. The minimum absolute atomic E-state index is 0.0839. The van der Waals surface area contributed by atoms with Gasteiger partial charge >= 0.3 is 5.97 Å². The molecular weight excluding hydrogens is 373 g/mol. The highest BCUT2D eigenvalue weighted by Gasteiger charge is 2.18. The van der Waals surface area contributed by atoms with E-state index in [9.17, 15) is 22.8 Å². The van der Waals surface area contributed by atoms with Crippen molar-refractivity contribution in [2.45, 2.75) is 6.42 Å². The fourth-order valence-electron chi connectivity index (χ4n) is 2.10. The van der Waals surface area contributed by atoms with Crippen LogP contribution in [0.15, 0.2) is 60.9 Å². The van der Waals surface area contributed by atoms with Crippen molar-refractivity contribution in [3.63, 3.8) is 0 Å². The van der Waals surface area contributed by atoms with E-state index in [0.717, 1.165) is 6.07 Å². The molecule has 0 unspecified atom stereocenters. The lowest BCUT2D eigenvalue weighted by Crippen LogP contribution is -2.09. The number of methoxy groups -OCH3 is 1. The number of esters is 1. The van der Waals surface area contributed by atoms with E-state index < -0.39 is 41.2 Å². The van der Waals surface area contributed by atoms with Crippen LogP contribution in [-0.4, -0.2) is 28.8 Å². The van der Waals surface area contributed by atoms with Crippen molar-refractivity contribution in [3.05, 3.63) is 95.3 Å². The maximum atomic E-state index is 13.4. The second-order valence-electron chi connectivity index (χ2n) is 5.34. The van der Waals surface area contributed by atoms with Gasteiger partial charge in [0.1, 0.15) is 17.2 Å². The average molecular weight is 388 g/mol. The van der Waals surface area contributed by atoms with Crippen molar-refractivity contribution in [2.75, 3.05) is 7.11 Å². The monoisotopic (exact) mass is 388 g/mol. The predicted octanol–water partition coefficient (Wildman–Crippen LogP) is 3.79. The smallest absolute Gasteiger partial charge is 0.356 e. The summed E-state index contributed by atoms with van der Waals surface area (Å²) in [5.74, 6) is -4.43. The lowest BCUT2D eigenvalue weighted by molar-refractivity contribution is 0.0594. The van der Waals surface area contributed by atoms with Gasteiger partial charge in [0.25, 0.3) is 0 Å². The van der Waals surface area contributed by atoms with Crippen LogP contribution in [0.4, 0.5) is 13.2 Å². The van der Waals surface area contributed by atoms with Gasteiger partial charge in [0, 0.05) is 24.4 Å². The molecule has 0 N–H and O–H groups in total. The fraction of sp³-hybridized carbons (Fsp3) is 0.100. The Kier molecular flexibility index (Phi) is 7.38. The largest absolute Gasteiger partial charge is 0.464 e. The van der Waals surface area contributed by atoms with Crippen LogP contribution >= 0.6 is 0 Å². The van der Waals surface area contributed by atoms with Gasteiger partial charge in [-0.3, -0.25) is 9.78 Å². The standard InChI is InChI=1S/C13H8F3NO.C7H7NO2/c14-9-4-5-10(15)13(16)8(9)7-12(18)11-3-1-2-6-17-11;1-10-7(9)6-4-2-3-5-8-6/h1-6H,7H2;2-5H,1H3. The Hall–Kier alpha value is -3.55. The van der Waals surface area contributed by atoms with Crippen LogP contribution in [0.25, 0.3) is 0 Å². The van der Waals surface area contributed by atoms with E-state index in [0.29, 0.717) is 11.8 Å². The molecule has 0 aliphatic rings. The topological polar surface area (TPSA) is 69.2 Å². The average Bonchev–Trinajstić information content (AvgIpc) is 2.75. The van der Waals surface area contributed by atoms with Gasteiger partial charge in [0.2, 0.25) is 0 Å². The minimum Gasteiger partial charge on any atom is -0.464 e. The van der Waals surface area contributed by atoms with Crippen molar-refractivity contribution >= 4 is 11.8 Å². The van der Waals surface area contributed by atoms with Crippen LogP contribution in [0.5, 0.6) is 0 Å². The summed E-state index contributed by atoms with van der Waals surface area (Å²) in [7, 11) is 1.33. The highest BCUT2D eigenvalue weighted by molar-refractivity contribution is 5.95. The Balaban J connectivity index is 0.000000237. The molecule has 144 valence electrons. The molecule has 5 nitrogen and oxygen atoms in total. The van der Waals surface area contributed by atoms with E-state index in [-0.39, 0.29) is 5.69 Å². The summed E-state index contributed by atoms with van der Waals surface area (Å²) in [6.45, 7) is 0. The summed E-state index contributed by atoms with van der Waals surface area (Å²) < 4.78 is 44.1. The third-order valence-corrected chi connectivity index (χ3v) is 3.49. The van der Waals surface area contributed by atoms with Crippen molar-refractivity contribution in [1.82, 2.24) is 9.97 Å². The number of ether oxygens (including phenoxy) is 1. The molecule has 8 heteroatoms. The zero-order valence-electron chi connectivity index (χ0n) is 14.7. The second-order valence-corrected chi connectivity index (χ2v) is 5.34. The van der Waals surface area contributed by atoms with Crippen LogP contribution in [0.3, 0.4) is 0 Å². The maximum Gasteiger partial charge on any atom is 0.356 e. The first-order valence-corrected chi connectivity index (χ1v) is 8.00. The van der Waals surface area contributed by atoms with Gasteiger partial charge in [-0.05, 0) is 36.4 Å². The molecule has 0 saturated carbocycles. The number of halogens is 3. The van der Waals surface area contributed by atoms with Gasteiger partial charge in [-0.25, -0.2) is 22.9 Å². The van der Waals surface area contributed by atoms with Gasteiger partial charge in [-0.1, -0.05) is 12.1 Å². The number of rotatable bonds is 4. The summed E-state index contributed by atoms with van der Waals surface area (Å²) in [6, 6.07) is 11.2. The van der Waals surface area contributed by atoms with Gasteiger partial charge in [-0.15, -0.1) is 0 Å². The molecule has 0 bridgehead atoms. The third-order valence-electron chi connectivity index (χ3n) is 3.49.